The Kier molecular flexibility index (Phi) is 5.85. The Morgan fingerprint density at radius 1 is 1.00 bits per heavy atom. The number of rotatable bonds is 4. The van der Waals surface area contributed by atoms with Crippen molar-refractivity contribution in [3.63, 3.8) is 0 Å². The van der Waals surface area contributed by atoms with Gasteiger partial charge in [-0.15, -0.1) is 0 Å². The van der Waals surface area contributed by atoms with Crippen molar-refractivity contribution in [2.24, 2.45) is 17.8 Å². The molecule has 2 heteroatoms. The van der Waals surface area contributed by atoms with E-state index in [1.807, 2.05) is 37.3 Å². The molecule has 0 radical (unpaired) electrons. The maximum absolute atomic E-state index is 15.0. The minimum absolute atomic E-state index is 0.218. The Labute approximate surface area is 168 Å². The molecule has 0 saturated heterocycles. The van der Waals surface area contributed by atoms with Gasteiger partial charge in [0.05, 0.1) is 0 Å². The molecule has 4 atom stereocenters. The maximum Gasteiger partial charge on any atom is 0.134 e. The number of allylic oxidation sites excluding steroid dienone is 2. The lowest BCUT2D eigenvalue weighted by molar-refractivity contribution is 0.124. The molecule has 0 aromatic heterocycles. The molecule has 150 valence electrons. The van der Waals surface area contributed by atoms with Crippen LogP contribution in [-0.2, 0) is 6.42 Å². The zero-order valence-electron chi connectivity index (χ0n) is 17.2. The van der Waals surface area contributed by atoms with E-state index < -0.39 is 0 Å². The summed E-state index contributed by atoms with van der Waals surface area (Å²) in [6.07, 6.45) is 12.8. The molecular formula is C26H32F2. The highest BCUT2D eigenvalue weighted by Gasteiger charge is 2.35. The van der Waals surface area contributed by atoms with Crippen molar-refractivity contribution >= 4 is 10.8 Å². The van der Waals surface area contributed by atoms with E-state index in [-0.39, 0.29) is 17.6 Å². The molecule has 2 aromatic rings. The van der Waals surface area contributed by atoms with E-state index in [0.29, 0.717) is 17.4 Å². The fourth-order valence-corrected chi connectivity index (χ4v) is 5.69. The second-order valence-corrected chi connectivity index (χ2v) is 9.19. The predicted molar refractivity (Wildman–Crippen MR) is 114 cm³/mol. The average Bonchev–Trinajstić information content (AvgIpc) is 2.69. The SMILES string of the molecule is C/C=C/CCc1ccc2cc(C3CCC4CC(C)CCC4C3)c(F)cc2c1F. The van der Waals surface area contributed by atoms with Crippen LogP contribution in [0.1, 0.15) is 75.8 Å². The number of aryl methyl sites for hydroxylation is 1. The van der Waals surface area contributed by atoms with Crippen LogP contribution in [-0.4, -0.2) is 0 Å². The van der Waals surface area contributed by atoms with Crippen LogP contribution in [0.15, 0.2) is 36.4 Å². The molecule has 0 N–H and O–H groups in total. The van der Waals surface area contributed by atoms with E-state index in [2.05, 4.69) is 6.92 Å². The lowest BCUT2D eigenvalue weighted by atomic mass is 9.64. The molecule has 2 saturated carbocycles. The third-order valence-electron chi connectivity index (χ3n) is 7.28. The van der Waals surface area contributed by atoms with Crippen LogP contribution >= 0.6 is 0 Å². The fraction of sp³-hybridized carbons (Fsp3) is 0.538. The van der Waals surface area contributed by atoms with Crippen LogP contribution in [0, 0.1) is 29.4 Å². The number of hydrogen-bond donors (Lipinski definition) is 0. The number of halogens is 2. The van der Waals surface area contributed by atoms with Crippen LogP contribution in [0.3, 0.4) is 0 Å². The second kappa shape index (κ2) is 8.35. The van der Waals surface area contributed by atoms with Gasteiger partial charge in [-0.3, -0.25) is 0 Å². The molecule has 2 fully saturated rings. The van der Waals surface area contributed by atoms with Gasteiger partial charge in [0.15, 0.2) is 0 Å². The van der Waals surface area contributed by atoms with Crippen molar-refractivity contribution in [1.29, 1.82) is 0 Å². The molecule has 0 bridgehead atoms. The van der Waals surface area contributed by atoms with E-state index in [1.165, 1.54) is 31.7 Å². The van der Waals surface area contributed by atoms with Gasteiger partial charge in [-0.1, -0.05) is 37.6 Å². The van der Waals surface area contributed by atoms with E-state index in [0.717, 1.165) is 48.0 Å². The molecule has 0 spiro atoms. The lowest BCUT2D eigenvalue weighted by Gasteiger charge is -2.41. The molecule has 4 rings (SSSR count). The summed E-state index contributed by atoms with van der Waals surface area (Å²) in [5, 5.41) is 1.27. The zero-order chi connectivity index (χ0) is 19.7. The van der Waals surface area contributed by atoms with Crippen molar-refractivity contribution in [3.8, 4) is 0 Å². The molecule has 0 amide bonds. The Balaban J connectivity index is 1.58. The highest BCUT2D eigenvalue weighted by Crippen LogP contribution is 2.48. The first-order chi connectivity index (χ1) is 13.6. The van der Waals surface area contributed by atoms with Crippen molar-refractivity contribution < 1.29 is 8.78 Å². The highest BCUT2D eigenvalue weighted by atomic mass is 19.1. The third kappa shape index (κ3) is 3.88. The van der Waals surface area contributed by atoms with E-state index in [1.54, 1.807) is 0 Å². The molecule has 2 aliphatic carbocycles. The van der Waals surface area contributed by atoms with Gasteiger partial charge >= 0.3 is 0 Å². The minimum Gasteiger partial charge on any atom is -0.207 e. The normalized spacial score (nSPS) is 28.0. The first-order valence-electron chi connectivity index (χ1n) is 11.1. The third-order valence-corrected chi connectivity index (χ3v) is 7.28. The van der Waals surface area contributed by atoms with Gasteiger partial charge in [-0.05, 0) is 104 Å². The van der Waals surface area contributed by atoms with Crippen molar-refractivity contribution in [2.45, 2.75) is 71.1 Å². The molecule has 0 aliphatic heterocycles. The molecule has 28 heavy (non-hydrogen) atoms. The fourth-order valence-electron chi connectivity index (χ4n) is 5.69. The standard InChI is InChI=1S/C26H32F2/c1-3-4-5-6-18-9-11-22-15-23(25(27)16-24(22)26(18)28)21-12-10-19-13-17(2)7-8-20(19)14-21/h3-4,9,11,15-17,19-21H,5-8,10,12-14H2,1-2H3/b4-3+. The Bertz CT molecular complexity index is 866. The number of fused-ring (bicyclic) bond motifs is 2. The van der Waals surface area contributed by atoms with Gasteiger partial charge in [0.1, 0.15) is 11.6 Å². The van der Waals surface area contributed by atoms with E-state index in [9.17, 15) is 4.39 Å². The van der Waals surface area contributed by atoms with Crippen LogP contribution in [0.25, 0.3) is 10.8 Å². The molecule has 0 nitrogen and oxygen atoms in total. The topological polar surface area (TPSA) is 0 Å². The van der Waals surface area contributed by atoms with Gasteiger partial charge in [0, 0.05) is 5.39 Å². The monoisotopic (exact) mass is 382 g/mol. The quantitative estimate of drug-likeness (QED) is 0.471. The summed E-state index contributed by atoms with van der Waals surface area (Å²) in [6, 6.07) is 7.23. The summed E-state index contributed by atoms with van der Waals surface area (Å²) in [7, 11) is 0. The Hall–Kier alpha value is -1.70. The van der Waals surface area contributed by atoms with Gasteiger partial charge in [0.25, 0.3) is 0 Å². The lowest BCUT2D eigenvalue weighted by Crippen LogP contribution is -2.29. The Morgan fingerprint density at radius 3 is 2.61 bits per heavy atom. The van der Waals surface area contributed by atoms with Crippen LogP contribution in [0.2, 0.25) is 0 Å². The molecule has 2 aromatic carbocycles. The molecular weight excluding hydrogens is 350 g/mol. The maximum atomic E-state index is 15.0. The summed E-state index contributed by atoms with van der Waals surface area (Å²) in [4.78, 5) is 0. The van der Waals surface area contributed by atoms with E-state index in [4.69, 9.17) is 0 Å². The van der Waals surface area contributed by atoms with E-state index >= 15 is 4.39 Å². The van der Waals surface area contributed by atoms with Crippen LogP contribution in [0.4, 0.5) is 8.78 Å². The first-order valence-corrected chi connectivity index (χ1v) is 11.1. The smallest absolute Gasteiger partial charge is 0.134 e. The average molecular weight is 383 g/mol. The van der Waals surface area contributed by atoms with Crippen LogP contribution < -0.4 is 0 Å². The van der Waals surface area contributed by atoms with Gasteiger partial charge in [-0.2, -0.15) is 0 Å². The van der Waals surface area contributed by atoms with Crippen molar-refractivity contribution in [3.05, 3.63) is 59.2 Å². The van der Waals surface area contributed by atoms with Crippen molar-refractivity contribution in [1.82, 2.24) is 0 Å². The summed E-state index contributed by atoms with van der Waals surface area (Å²) >= 11 is 0. The van der Waals surface area contributed by atoms with Gasteiger partial charge < -0.3 is 0 Å². The summed E-state index contributed by atoms with van der Waals surface area (Å²) in [5.74, 6) is 2.25. The summed E-state index contributed by atoms with van der Waals surface area (Å²) in [5.41, 5.74) is 1.49. The van der Waals surface area contributed by atoms with Gasteiger partial charge in [0.2, 0.25) is 0 Å². The Morgan fingerprint density at radius 2 is 1.79 bits per heavy atom. The predicted octanol–water partition coefficient (Wildman–Crippen LogP) is 7.95. The first kappa shape index (κ1) is 19.6. The van der Waals surface area contributed by atoms with Gasteiger partial charge in [-0.25, -0.2) is 8.78 Å². The van der Waals surface area contributed by atoms with Crippen LogP contribution in [0.5, 0.6) is 0 Å². The number of hydrogen-bond acceptors (Lipinski definition) is 0. The molecule has 2 aliphatic rings. The molecule has 0 heterocycles. The van der Waals surface area contributed by atoms with Crippen molar-refractivity contribution in [2.75, 3.05) is 0 Å². The largest absolute Gasteiger partial charge is 0.207 e. The number of benzene rings is 2. The molecule has 4 unspecified atom stereocenters. The summed E-state index contributed by atoms with van der Waals surface area (Å²) < 4.78 is 29.9. The zero-order valence-corrected chi connectivity index (χ0v) is 17.2. The second-order valence-electron chi connectivity index (χ2n) is 9.19. The highest BCUT2D eigenvalue weighted by molar-refractivity contribution is 5.85. The minimum atomic E-state index is -0.252. The summed E-state index contributed by atoms with van der Waals surface area (Å²) in [6.45, 7) is 4.33.